The minimum atomic E-state index is -0.0679. The average molecular weight is 369 g/mol. The fraction of sp³-hybridized carbons (Fsp3) is 0.667. The molecule has 0 heterocycles. The Labute approximate surface area is 162 Å². The van der Waals surface area contributed by atoms with Gasteiger partial charge in [0.25, 0.3) is 0 Å². The van der Waals surface area contributed by atoms with Gasteiger partial charge in [-0.15, -0.1) is 0 Å². The predicted molar refractivity (Wildman–Crippen MR) is 106 cm³/mol. The van der Waals surface area contributed by atoms with Crippen molar-refractivity contribution in [1.29, 1.82) is 0 Å². The van der Waals surface area contributed by atoms with E-state index in [1.54, 1.807) is 7.11 Å². The van der Waals surface area contributed by atoms with Gasteiger partial charge in [0.05, 0.1) is 7.11 Å². The second-order valence-electron chi connectivity index (χ2n) is 9.09. The van der Waals surface area contributed by atoms with E-state index in [2.05, 4.69) is 19.1 Å². The first-order chi connectivity index (χ1) is 13.0. The number of aryl methyl sites for hydroxylation is 2. The number of benzene rings is 1. The Hall–Kier alpha value is -1.64. The number of ether oxygens (including phenoxy) is 1. The standard InChI is InChI=1S/C24H32O3/c1-4-17(25)7-5-16-13-20-15(14-22(16)27-3)6-8-19-18(20)11-12-24(2)21(19)9-10-23(24)26/h13-14,18-19,21H,4-12H2,1-3H3/t18-,19+,21-,24-/m0/s1. The third-order valence-corrected chi connectivity index (χ3v) is 7.90. The number of fused-ring (bicyclic) bond motifs is 5. The van der Waals surface area contributed by atoms with E-state index < -0.39 is 0 Å². The monoisotopic (exact) mass is 368 g/mol. The molecule has 0 bridgehead atoms. The topological polar surface area (TPSA) is 43.4 Å². The molecule has 3 aliphatic carbocycles. The molecule has 0 radical (unpaired) electrons. The summed E-state index contributed by atoms with van der Waals surface area (Å²) in [5.41, 5.74) is 4.01. The van der Waals surface area contributed by atoms with Gasteiger partial charge in [-0.2, -0.15) is 0 Å². The molecular weight excluding hydrogens is 336 g/mol. The highest BCUT2D eigenvalue weighted by atomic mass is 16.5. The Balaban J connectivity index is 1.65. The fourth-order valence-electron chi connectivity index (χ4n) is 6.25. The van der Waals surface area contributed by atoms with E-state index in [0.717, 1.165) is 44.3 Å². The van der Waals surface area contributed by atoms with Crippen molar-refractivity contribution in [2.45, 2.75) is 77.6 Å². The molecule has 3 aliphatic rings. The number of hydrogen-bond acceptors (Lipinski definition) is 3. The second-order valence-corrected chi connectivity index (χ2v) is 9.09. The Morgan fingerprint density at radius 3 is 2.78 bits per heavy atom. The quantitative estimate of drug-likeness (QED) is 0.732. The lowest BCUT2D eigenvalue weighted by atomic mass is 9.55. The normalized spacial score (nSPS) is 31.8. The van der Waals surface area contributed by atoms with Crippen LogP contribution >= 0.6 is 0 Å². The zero-order valence-electron chi connectivity index (χ0n) is 17.0. The Morgan fingerprint density at radius 2 is 2.04 bits per heavy atom. The van der Waals surface area contributed by atoms with Crippen LogP contribution in [0.25, 0.3) is 0 Å². The summed E-state index contributed by atoms with van der Waals surface area (Å²) in [5, 5.41) is 0. The summed E-state index contributed by atoms with van der Waals surface area (Å²) in [4.78, 5) is 24.3. The summed E-state index contributed by atoms with van der Waals surface area (Å²) in [6.45, 7) is 4.16. The molecule has 0 saturated heterocycles. The zero-order chi connectivity index (χ0) is 19.2. The Morgan fingerprint density at radius 1 is 1.22 bits per heavy atom. The van der Waals surface area contributed by atoms with Gasteiger partial charge in [0.15, 0.2) is 0 Å². The molecule has 3 heteroatoms. The molecule has 146 valence electrons. The molecule has 27 heavy (non-hydrogen) atoms. The molecule has 0 aromatic heterocycles. The van der Waals surface area contributed by atoms with Crippen LogP contribution in [0.3, 0.4) is 0 Å². The van der Waals surface area contributed by atoms with Crippen LogP contribution in [0.2, 0.25) is 0 Å². The first kappa shape index (κ1) is 18.7. The number of carbonyl (C=O) groups is 2. The van der Waals surface area contributed by atoms with Gasteiger partial charge >= 0.3 is 0 Å². The van der Waals surface area contributed by atoms with Gasteiger partial charge in [0.2, 0.25) is 0 Å². The van der Waals surface area contributed by atoms with Crippen molar-refractivity contribution >= 4 is 11.6 Å². The van der Waals surface area contributed by atoms with Crippen LogP contribution in [0.4, 0.5) is 0 Å². The average Bonchev–Trinajstić information content (AvgIpc) is 2.99. The van der Waals surface area contributed by atoms with E-state index in [-0.39, 0.29) is 5.41 Å². The van der Waals surface area contributed by atoms with Gasteiger partial charge in [0, 0.05) is 24.7 Å². The van der Waals surface area contributed by atoms with Gasteiger partial charge < -0.3 is 4.74 Å². The summed E-state index contributed by atoms with van der Waals surface area (Å²) in [5.74, 6) is 3.53. The van der Waals surface area contributed by atoms with Crippen molar-refractivity contribution in [2.24, 2.45) is 17.3 Å². The third-order valence-electron chi connectivity index (χ3n) is 7.90. The molecule has 3 nitrogen and oxygen atoms in total. The lowest BCUT2D eigenvalue weighted by Crippen LogP contribution is -2.42. The molecule has 2 fully saturated rings. The van der Waals surface area contributed by atoms with Crippen LogP contribution in [0.15, 0.2) is 12.1 Å². The van der Waals surface area contributed by atoms with Crippen LogP contribution in [0.5, 0.6) is 5.75 Å². The second kappa shape index (κ2) is 7.07. The Bertz CT molecular complexity index is 765. The molecule has 0 amide bonds. The maximum atomic E-state index is 12.5. The highest BCUT2D eigenvalue weighted by Crippen LogP contribution is 2.59. The molecule has 0 spiro atoms. The number of rotatable bonds is 5. The third kappa shape index (κ3) is 3.03. The van der Waals surface area contributed by atoms with E-state index in [1.807, 2.05) is 6.92 Å². The molecule has 4 rings (SSSR count). The number of ketones is 2. The molecule has 1 aromatic carbocycles. The van der Waals surface area contributed by atoms with E-state index in [9.17, 15) is 9.59 Å². The number of Topliss-reactive ketones (excluding diaryl/α,β-unsaturated/α-hetero) is 2. The zero-order valence-corrected chi connectivity index (χ0v) is 17.0. The van der Waals surface area contributed by atoms with Gasteiger partial charge in [-0.25, -0.2) is 0 Å². The van der Waals surface area contributed by atoms with Crippen LogP contribution in [0, 0.1) is 17.3 Å². The maximum absolute atomic E-state index is 12.5. The van der Waals surface area contributed by atoms with Crippen LogP contribution in [-0.4, -0.2) is 18.7 Å². The summed E-state index contributed by atoms with van der Waals surface area (Å²) in [6, 6.07) is 4.57. The molecular formula is C24H32O3. The van der Waals surface area contributed by atoms with Gasteiger partial charge in [0.1, 0.15) is 17.3 Å². The van der Waals surface area contributed by atoms with Gasteiger partial charge in [-0.1, -0.05) is 19.9 Å². The van der Waals surface area contributed by atoms with Crippen LogP contribution in [0.1, 0.15) is 81.4 Å². The van der Waals surface area contributed by atoms with Crippen molar-refractivity contribution in [2.75, 3.05) is 7.11 Å². The molecule has 0 aliphatic heterocycles. The summed E-state index contributed by atoms with van der Waals surface area (Å²) in [7, 11) is 1.73. The molecule has 0 N–H and O–H groups in total. The molecule has 0 unspecified atom stereocenters. The lowest BCUT2D eigenvalue weighted by molar-refractivity contribution is -0.129. The summed E-state index contributed by atoms with van der Waals surface area (Å²) in [6.07, 6.45) is 8.26. The maximum Gasteiger partial charge on any atom is 0.139 e. The van der Waals surface area contributed by atoms with Crippen molar-refractivity contribution in [1.82, 2.24) is 0 Å². The number of hydrogen-bond donors (Lipinski definition) is 0. The van der Waals surface area contributed by atoms with E-state index in [0.29, 0.717) is 42.2 Å². The Kier molecular flexibility index (Phi) is 4.90. The smallest absolute Gasteiger partial charge is 0.139 e. The minimum Gasteiger partial charge on any atom is -0.496 e. The largest absolute Gasteiger partial charge is 0.496 e. The number of carbonyl (C=O) groups excluding carboxylic acids is 2. The molecule has 1 aromatic rings. The highest BCUT2D eigenvalue weighted by Gasteiger charge is 2.54. The first-order valence-electron chi connectivity index (χ1n) is 10.7. The van der Waals surface area contributed by atoms with E-state index >= 15 is 0 Å². The van der Waals surface area contributed by atoms with Crippen molar-refractivity contribution in [3.8, 4) is 5.75 Å². The summed E-state index contributed by atoms with van der Waals surface area (Å²) >= 11 is 0. The fourth-order valence-corrected chi connectivity index (χ4v) is 6.25. The minimum absolute atomic E-state index is 0.0679. The van der Waals surface area contributed by atoms with E-state index in [4.69, 9.17) is 4.74 Å². The van der Waals surface area contributed by atoms with Gasteiger partial charge in [-0.05, 0) is 79.0 Å². The molecule has 4 atom stereocenters. The van der Waals surface area contributed by atoms with E-state index in [1.165, 1.54) is 23.1 Å². The number of methoxy groups -OCH3 is 1. The SMILES string of the molecule is CCC(=O)CCc1cc2c(cc1OC)CC[C@@H]1[C@@H]2CC[C@]2(C)C(=O)CC[C@@H]12. The highest BCUT2D eigenvalue weighted by molar-refractivity contribution is 5.87. The van der Waals surface area contributed by atoms with Crippen molar-refractivity contribution < 1.29 is 14.3 Å². The summed E-state index contributed by atoms with van der Waals surface area (Å²) < 4.78 is 5.66. The van der Waals surface area contributed by atoms with Crippen LogP contribution in [-0.2, 0) is 22.4 Å². The van der Waals surface area contributed by atoms with Crippen molar-refractivity contribution in [3.63, 3.8) is 0 Å². The lowest BCUT2D eigenvalue weighted by Gasteiger charge is -2.48. The predicted octanol–water partition coefficient (Wildman–Crippen LogP) is 5.03. The van der Waals surface area contributed by atoms with Crippen molar-refractivity contribution in [3.05, 3.63) is 28.8 Å². The molecule has 2 saturated carbocycles. The van der Waals surface area contributed by atoms with Crippen LogP contribution < -0.4 is 4.74 Å². The first-order valence-corrected chi connectivity index (χ1v) is 10.7. The van der Waals surface area contributed by atoms with Gasteiger partial charge in [-0.3, -0.25) is 9.59 Å².